The molecule has 5 heteroatoms. The molecule has 94 valence electrons. The van der Waals surface area contributed by atoms with Crippen LogP contribution in [-0.4, -0.2) is 11.4 Å². The zero-order valence-electron chi connectivity index (χ0n) is 9.89. The largest absolute Gasteiger partial charge is 0.321 e. The number of hydrogen-bond acceptors (Lipinski definition) is 2. The number of carbonyl (C=O) groups excluding carboxylic acids is 1. The van der Waals surface area contributed by atoms with Gasteiger partial charge in [0.1, 0.15) is 5.82 Å². The minimum Gasteiger partial charge on any atom is -0.321 e. The normalized spacial score (nSPS) is 11.4. The second kappa shape index (κ2) is 5.47. The maximum absolute atomic E-state index is 13.5. The van der Waals surface area contributed by atoms with Gasteiger partial charge in [0.25, 0.3) is 0 Å². The minimum atomic E-state index is -0.994. The van der Waals surface area contributed by atoms with E-state index in [2.05, 4.69) is 5.32 Å². The van der Waals surface area contributed by atoms with Gasteiger partial charge in [0.05, 0.1) is 16.2 Å². The summed E-state index contributed by atoms with van der Waals surface area (Å²) in [4.78, 5) is 11.9. The second-order valence-electron chi connectivity index (χ2n) is 3.91. The summed E-state index contributed by atoms with van der Waals surface area (Å²) in [5, 5.41) is 2.61. The summed E-state index contributed by atoms with van der Waals surface area (Å²) in [7, 11) is 0. The van der Waals surface area contributed by atoms with E-state index in [1.807, 2.05) is 13.8 Å². The minimum absolute atomic E-state index is 0.0177. The van der Waals surface area contributed by atoms with Crippen molar-refractivity contribution in [3.05, 3.63) is 29.0 Å². The Kier molecular flexibility index (Phi) is 4.48. The van der Waals surface area contributed by atoms with Gasteiger partial charge in [-0.15, -0.1) is 0 Å². The Balaban J connectivity index is 2.96. The third-order valence-corrected chi connectivity index (χ3v) is 3.23. The molecule has 0 atom stereocenters. The topological polar surface area (TPSA) is 55.1 Å². The number of hydrogen-bond donors (Lipinski definition) is 2. The number of amides is 1. The predicted molar refractivity (Wildman–Crippen MR) is 67.5 cm³/mol. The van der Waals surface area contributed by atoms with Crippen LogP contribution in [-0.2, 0) is 4.79 Å². The first-order valence-corrected chi connectivity index (χ1v) is 5.86. The first-order chi connectivity index (χ1) is 7.94. The van der Waals surface area contributed by atoms with Crippen molar-refractivity contribution < 1.29 is 9.18 Å². The molecule has 17 heavy (non-hydrogen) atoms. The van der Waals surface area contributed by atoms with Crippen LogP contribution in [0.25, 0.3) is 0 Å². The van der Waals surface area contributed by atoms with Gasteiger partial charge in [-0.3, -0.25) is 4.79 Å². The molecule has 0 spiro atoms. The molecular formula is C12H16ClFN2O. The Hall–Kier alpha value is -1.13. The molecule has 3 N–H and O–H groups in total. The molecule has 1 aromatic rings. The maximum atomic E-state index is 13.5. The van der Waals surface area contributed by atoms with E-state index in [-0.39, 0.29) is 10.7 Å². The van der Waals surface area contributed by atoms with Crippen LogP contribution in [0.5, 0.6) is 0 Å². The van der Waals surface area contributed by atoms with E-state index in [1.165, 1.54) is 18.2 Å². The van der Waals surface area contributed by atoms with Gasteiger partial charge in [-0.05, 0) is 25.0 Å². The molecule has 0 unspecified atom stereocenters. The third-order valence-electron chi connectivity index (χ3n) is 2.92. The summed E-state index contributed by atoms with van der Waals surface area (Å²) in [6.45, 7) is 3.62. The van der Waals surface area contributed by atoms with E-state index in [4.69, 9.17) is 17.3 Å². The predicted octanol–water partition coefficient (Wildman–Crippen LogP) is 2.94. The van der Waals surface area contributed by atoms with Crippen molar-refractivity contribution in [3.63, 3.8) is 0 Å². The van der Waals surface area contributed by atoms with E-state index in [9.17, 15) is 9.18 Å². The van der Waals surface area contributed by atoms with Crippen molar-refractivity contribution in [2.75, 3.05) is 5.32 Å². The standard InChI is InChI=1S/C12H16ClFN2O/c1-3-12(15,4-2)11(17)16-10-8(13)6-5-7-9(10)14/h5-7H,3-4,15H2,1-2H3,(H,16,17). The van der Waals surface area contributed by atoms with Crippen LogP contribution >= 0.6 is 11.6 Å². The summed E-state index contributed by atoms with van der Waals surface area (Å²) in [6, 6.07) is 4.22. The Morgan fingerprint density at radius 2 is 2.06 bits per heavy atom. The Morgan fingerprint density at radius 1 is 1.47 bits per heavy atom. The van der Waals surface area contributed by atoms with Gasteiger partial charge in [0.15, 0.2) is 0 Å². The zero-order chi connectivity index (χ0) is 13.1. The van der Waals surface area contributed by atoms with Crippen molar-refractivity contribution in [2.24, 2.45) is 5.73 Å². The van der Waals surface area contributed by atoms with E-state index in [0.29, 0.717) is 12.8 Å². The van der Waals surface area contributed by atoms with Crippen LogP contribution in [0.15, 0.2) is 18.2 Å². The highest BCUT2D eigenvalue weighted by atomic mass is 35.5. The molecule has 3 nitrogen and oxygen atoms in total. The first-order valence-electron chi connectivity index (χ1n) is 5.49. The fourth-order valence-electron chi connectivity index (χ4n) is 1.43. The van der Waals surface area contributed by atoms with Gasteiger partial charge < -0.3 is 11.1 Å². The summed E-state index contributed by atoms with van der Waals surface area (Å²) < 4.78 is 13.5. The van der Waals surface area contributed by atoms with Crippen molar-refractivity contribution in [2.45, 2.75) is 32.2 Å². The zero-order valence-corrected chi connectivity index (χ0v) is 10.6. The Morgan fingerprint density at radius 3 is 2.53 bits per heavy atom. The highest BCUT2D eigenvalue weighted by molar-refractivity contribution is 6.33. The number of anilines is 1. The lowest BCUT2D eigenvalue weighted by Crippen LogP contribution is -2.50. The first kappa shape index (κ1) is 13.9. The molecule has 0 saturated heterocycles. The van der Waals surface area contributed by atoms with Gasteiger partial charge in [-0.1, -0.05) is 31.5 Å². The number of halogens is 2. The van der Waals surface area contributed by atoms with Crippen LogP contribution in [0.2, 0.25) is 5.02 Å². The molecule has 1 aromatic carbocycles. The summed E-state index contributed by atoms with van der Waals surface area (Å²) >= 11 is 5.81. The van der Waals surface area contributed by atoms with E-state index in [0.717, 1.165) is 0 Å². The maximum Gasteiger partial charge on any atom is 0.244 e. The van der Waals surface area contributed by atoms with Crippen LogP contribution < -0.4 is 11.1 Å². The van der Waals surface area contributed by atoms with Gasteiger partial charge in [-0.2, -0.15) is 0 Å². The number of rotatable bonds is 4. The van der Waals surface area contributed by atoms with E-state index < -0.39 is 17.3 Å². The lowest BCUT2D eigenvalue weighted by molar-refractivity contribution is -0.121. The number of benzene rings is 1. The molecule has 0 bridgehead atoms. The lowest BCUT2D eigenvalue weighted by atomic mass is 9.93. The van der Waals surface area contributed by atoms with Crippen LogP contribution in [0.4, 0.5) is 10.1 Å². The molecular weight excluding hydrogens is 243 g/mol. The summed E-state index contributed by atoms with van der Waals surface area (Å²) in [5.74, 6) is -0.991. The highest BCUT2D eigenvalue weighted by Gasteiger charge is 2.30. The Labute approximate surface area is 105 Å². The molecule has 0 heterocycles. The smallest absolute Gasteiger partial charge is 0.244 e. The van der Waals surface area contributed by atoms with Gasteiger partial charge in [0, 0.05) is 0 Å². The number of nitrogens with two attached hydrogens (primary N) is 1. The molecule has 0 fully saturated rings. The second-order valence-corrected chi connectivity index (χ2v) is 4.32. The van der Waals surface area contributed by atoms with Gasteiger partial charge in [0.2, 0.25) is 5.91 Å². The number of nitrogens with one attached hydrogen (secondary N) is 1. The molecule has 0 aliphatic rings. The average Bonchev–Trinajstić information content (AvgIpc) is 2.32. The van der Waals surface area contributed by atoms with Gasteiger partial charge >= 0.3 is 0 Å². The third kappa shape index (κ3) is 2.96. The van der Waals surface area contributed by atoms with Crippen molar-refractivity contribution >= 4 is 23.2 Å². The fourth-order valence-corrected chi connectivity index (χ4v) is 1.64. The molecule has 1 amide bonds. The molecule has 0 radical (unpaired) electrons. The Bertz CT molecular complexity index is 399. The monoisotopic (exact) mass is 258 g/mol. The van der Waals surface area contributed by atoms with Crippen molar-refractivity contribution in [3.8, 4) is 0 Å². The molecule has 1 rings (SSSR count). The van der Waals surface area contributed by atoms with Crippen LogP contribution in [0.3, 0.4) is 0 Å². The van der Waals surface area contributed by atoms with E-state index >= 15 is 0 Å². The highest BCUT2D eigenvalue weighted by Crippen LogP contribution is 2.26. The average molecular weight is 259 g/mol. The lowest BCUT2D eigenvalue weighted by Gasteiger charge is -2.25. The quantitative estimate of drug-likeness (QED) is 0.872. The SMILES string of the molecule is CCC(N)(CC)C(=O)Nc1c(F)cccc1Cl. The van der Waals surface area contributed by atoms with Crippen molar-refractivity contribution in [1.82, 2.24) is 0 Å². The number of carbonyl (C=O) groups is 1. The van der Waals surface area contributed by atoms with E-state index in [1.54, 1.807) is 0 Å². The molecule has 0 aromatic heterocycles. The van der Waals surface area contributed by atoms with Crippen LogP contribution in [0.1, 0.15) is 26.7 Å². The fraction of sp³-hybridized carbons (Fsp3) is 0.417. The molecule has 0 saturated carbocycles. The molecule has 0 aliphatic heterocycles. The van der Waals surface area contributed by atoms with Crippen molar-refractivity contribution in [1.29, 1.82) is 0 Å². The van der Waals surface area contributed by atoms with Gasteiger partial charge in [-0.25, -0.2) is 4.39 Å². The van der Waals surface area contributed by atoms with Crippen LogP contribution in [0, 0.1) is 5.82 Å². The summed E-state index contributed by atoms with van der Waals surface area (Å²) in [6.07, 6.45) is 0.947. The molecule has 0 aliphatic carbocycles. The number of para-hydroxylation sites is 1. The summed E-state index contributed by atoms with van der Waals surface area (Å²) in [5.41, 5.74) is 4.90.